The maximum Gasteiger partial charge on any atom is 0.208 e. The van der Waals surface area contributed by atoms with Gasteiger partial charge in [-0.15, -0.1) is 0 Å². The molecule has 0 fully saturated rings. The molecule has 3 aromatic heterocycles. The lowest BCUT2D eigenvalue weighted by Crippen LogP contribution is -2.12. The molecule has 0 aliphatic rings. The Balaban J connectivity index is 1.56. The van der Waals surface area contributed by atoms with Crippen molar-refractivity contribution in [2.75, 3.05) is 4.43 Å². The molecule has 9 heteroatoms. The minimum atomic E-state index is -0.0746. The molecule has 2 atom stereocenters. The number of fused-ring (bicyclic) bond motifs is 1. The molecule has 204 valence electrons. The van der Waals surface area contributed by atoms with Crippen molar-refractivity contribution >= 4 is 58.1 Å². The average Bonchev–Trinajstić information content (AvgIpc) is 3.38. The van der Waals surface area contributed by atoms with Crippen molar-refractivity contribution in [2.24, 2.45) is 21.6 Å². The summed E-state index contributed by atoms with van der Waals surface area (Å²) in [4.78, 5) is 34.6. The topological polar surface area (TPSA) is 111 Å². The van der Waals surface area contributed by atoms with Crippen LogP contribution in [-0.2, 0) is 4.79 Å². The molecule has 0 amide bonds. The van der Waals surface area contributed by atoms with Gasteiger partial charge in [-0.2, -0.15) is 0 Å². The first kappa shape index (κ1) is 29.1. The summed E-state index contributed by atoms with van der Waals surface area (Å²) in [7, 11) is 0. The first-order valence-electron chi connectivity index (χ1n) is 13.2. The number of rotatable bonds is 11. The number of halogens is 1. The quantitative estimate of drug-likeness (QED) is 0.0502. The first-order valence-corrected chi connectivity index (χ1v) is 14.7. The van der Waals surface area contributed by atoms with Crippen molar-refractivity contribution in [1.29, 1.82) is 0 Å². The summed E-state index contributed by atoms with van der Waals surface area (Å²) < 4.78 is 2.98. The van der Waals surface area contributed by atoms with E-state index in [4.69, 9.17) is 10.7 Å². The van der Waals surface area contributed by atoms with Crippen LogP contribution in [0, 0.1) is 17.8 Å². The number of amidine groups is 1. The van der Waals surface area contributed by atoms with Crippen molar-refractivity contribution in [2.45, 2.75) is 45.4 Å². The number of alkyl halides is 1. The molecule has 0 radical (unpaired) electrons. The van der Waals surface area contributed by atoms with E-state index < -0.39 is 0 Å². The van der Waals surface area contributed by atoms with E-state index in [1.54, 1.807) is 18.5 Å². The third-order valence-electron chi connectivity index (χ3n) is 6.64. The fourth-order valence-corrected chi connectivity index (χ4v) is 4.70. The van der Waals surface area contributed by atoms with E-state index in [0.717, 1.165) is 58.3 Å². The summed E-state index contributed by atoms with van der Waals surface area (Å²) in [5.41, 5.74) is 9.52. The Morgan fingerprint density at radius 3 is 2.62 bits per heavy atom. The van der Waals surface area contributed by atoms with Gasteiger partial charge >= 0.3 is 0 Å². The van der Waals surface area contributed by atoms with E-state index in [-0.39, 0.29) is 17.6 Å². The van der Waals surface area contributed by atoms with Gasteiger partial charge in [-0.05, 0) is 37.6 Å². The van der Waals surface area contributed by atoms with Crippen LogP contribution in [0.25, 0.3) is 16.8 Å². The standard InChI is InChI=1S/C31H32IN7O/c1-21(25(40)11-4-6-17-32)9-8-10-22(2)31-38-27(28-30(34-3)36-19-20-39(28)31)23-13-15-24(16-14-23)29(33)37-26-12-5-7-18-35-26/h5,7,12-16,18-22H,3,6,8-10,17H2,1-2H3,(H2,33,35,37)/t21-,22-/m0/s1. The molecular weight excluding hydrogens is 613 g/mol. The number of benzene rings is 1. The summed E-state index contributed by atoms with van der Waals surface area (Å²) in [6.07, 6.45) is 8.63. The van der Waals surface area contributed by atoms with Gasteiger partial charge in [0.05, 0.1) is 0 Å². The van der Waals surface area contributed by atoms with E-state index in [9.17, 15) is 4.79 Å². The van der Waals surface area contributed by atoms with Crippen molar-refractivity contribution in [3.05, 3.63) is 72.4 Å². The number of nitrogens with zero attached hydrogens (tertiary/aromatic N) is 6. The van der Waals surface area contributed by atoms with Crippen LogP contribution in [0.1, 0.15) is 56.8 Å². The molecule has 1 aromatic carbocycles. The second-order valence-electron chi connectivity index (χ2n) is 9.55. The van der Waals surface area contributed by atoms with Gasteiger partial charge in [-0.1, -0.05) is 79.1 Å². The number of ketones is 1. The number of carbonyl (C=O) groups is 1. The van der Waals surface area contributed by atoms with Crippen LogP contribution in [0.4, 0.5) is 11.6 Å². The number of hydrogen-bond donors (Lipinski definition) is 1. The molecule has 0 saturated carbocycles. The van der Waals surface area contributed by atoms with Crippen LogP contribution < -0.4 is 5.73 Å². The molecule has 4 rings (SSSR count). The molecule has 3 heterocycles. The zero-order valence-electron chi connectivity index (χ0n) is 22.7. The fraction of sp³-hybridized carbons (Fsp3) is 0.290. The van der Waals surface area contributed by atoms with Crippen molar-refractivity contribution in [3.8, 4) is 23.1 Å². The number of imidazole rings is 1. The number of pyridine rings is 1. The molecule has 2 N–H and O–H groups in total. The van der Waals surface area contributed by atoms with Crippen LogP contribution in [0.5, 0.6) is 0 Å². The minimum absolute atomic E-state index is 0.0213. The van der Waals surface area contributed by atoms with Gasteiger partial charge in [0, 0.05) is 52.4 Å². The molecular formula is C31H32IN7O. The minimum Gasteiger partial charge on any atom is -0.383 e. The van der Waals surface area contributed by atoms with Crippen molar-refractivity contribution < 1.29 is 4.79 Å². The molecule has 0 bridgehead atoms. The Morgan fingerprint density at radius 2 is 1.93 bits per heavy atom. The van der Waals surface area contributed by atoms with Crippen LogP contribution in [0.3, 0.4) is 0 Å². The molecule has 0 aliphatic carbocycles. The molecule has 0 unspecified atom stereocenters. The number of hydrogen-bond acceptors (Lipinski definition) is 6. The number of aliphatic imine (C=N–C) groups is 2. The maximum absolute atomic E-state index is 12.3. The zero-order valence-corrected chi connectivity index (χ0v) is 24.9. The second-order valence-corrected chi connectivity index (χ2v) is 10.6. The van der Waals surface area contributed by atoms with Gasteiger partial charge in [0.2, 0.25) is 5.78 Å². The van der Waals surface area contributed by atoms with Gasteiger partial charge < -0.3 is 5.73 Å². The van der Waals surface area contributed by atoms with E-state index >= 15 is 0 Å². The second kappa shape index (κ2) is 13.9. The molecule has 4 aromatic rings. The Bertz CT molecular complexity index is 1570. The summed E-state index contributed by atoms with van der Waals surface area (Å²) in [6, 6.07) is 13.3. The predicted octanol–water partition coefficient (Wildman–Crippen LogP) is 6.47. The Kier molecular flexibility index (Phi) is 10.1. The maximum atomic E-state index is 12.3. The summed E-state index contributed by atoms with van der Waals surface area (Å²) in [5.74, 6) is 8.20. The highest BCUT2D eigenvalue weighted by atomic mass is 127. The number of aromatic nitrogens is 4. The monoisotopic (exact) mass is 645 g/mol. The van der Waals surface area contributed by atoms with Gasteiger partial charge in [0.15, 0.2) is 11.6 Å². The normalized spacial score (nSPS) is 12.9. The Hall–Kier alpha value is -3.91. The van der Waals surface area contributed by atoms with E-state index in [1.165, 1.54) is 0 Å². The third kappa shape index (κ3) is 6.99. The zero-order chi connectivity index (χ0) is 28.5. The largest absolute Gasteiger partial charge is 0.383 e. The van der Waals surface area contributed by atoms with E-state index in [0.29, 0.717) is 17.5 Å². The number of carbonyl (C=O) groups excluding carboxylic acids is 1. The van der Waals surface area contributed by atoms with Crippen LogP contribution in [0.15, 0.2) is 71.0 Å². The fourth-order valence-electron chi connectivity index (χ4n) is 4.43. The molecule has 8 nitrogen and oxygen atoms in total. The number of Topliss-reactive ketones (excluding diaryl/α,β-unsaturated/α-hetero) is 1. The highest BCUT2D eigenvalue weighted by molar-refractivity contribution is 14.1. The SMILES string of the molecule is C=Nc1nccn2c([C@@H](C)CCC[C@H](C)C(=O)C#CCCI)nc(-c3ccc(C(N)=Nc4ccccn4)cc3)c12. The molecule has 0 spiro atoms. The lowest BCUT2D eigenvalue weighted by molar-refractivity contribution is -0.117. The Labute approximate surface area is 248 Å². The lowest BCUT2D eigenvalue weighted by Gasteiger charge is -2.12. The smallest absolute Gasteiger partial charge is 0.208 e. The first-order chi connectivity index (χ1) is 19.4. The Morgan fingerprint density at radius 1 is 1.12 bits per heavy atom. The van der Waals surface area contributed by atoms with Gasteiger partial charge in [0.25, 0.3) is 0 Å². The van der Waals surface area contributed by atoms with Gasteiger partial charge in [-0.25, -0.2) is 24.9 Å². The highest BCUT2D eigenvalue weighted by Crippen LogP contribution is 2.34. The molecule has 0 aliphatic heterocycles. The average molecular weight is 646 g/mol. The van der Waals surface area contributed by atoms with Gasteiger partial charge in [-0.3, -0.25) is 9.20 Å². The van der Waals surface area contributed by atoms with E-state index in [1.807, 2.05) is 53.9 Å². The summed E-state index contributed by atoms with van der Waals surface area (Å²) >= 11 is 2.26. The predicted molar refractivity (Wildman–Crippen MR) is 170 cm³/mol. The number of nitrogens with two attached hydrogens (primary N) is 1. The van der Waals surface area contributed by atoms with Crippen LogP contribution in [-0.4, -0.2) is 42.1 Å². The molecule has 0 saturated heterocycles. The molecule has 40 heavy (non-hydrogen) atoms. The lowest BCUT2D eigenvalue weighted by atomic mass is 9.95. The van der Waals surface area contributed by atoms with Crippen molar-refractivity contribution in [1.82, 2.24) is 19.4 Å². The summed E-state index contributed by atoms with van der Waals surface area (Å²) in [5, 5.41) is 0. The van der Waals surface area contributed by atoms with Crippen molar-refractivity contribution in [3.63, 3.8) is 0 Å². The van der Waals surface area contributed by atoms with Gasteiger partial charge in [0.1, 0.15) is 22.9 Å². The van der Waals surface area contributed by atoms with Crippen LogP contribution in [0.2, 0.25) is 0 Å². The summed E-state index contributed by atoms with van der Waals surface area (Å²) in [6.45, 7) is 7.84. The highest BCUT2D eigenvalue weighted by Gasteiger charge is 2.21. The van der Waals surface area contributed by atoms with E-state index in [2.05, 4.69) is 68.0 Å². The van der Waals surface area contributed by atoms with Crippen LogP contribution >= 0.6 is 22.6 Å². The third-order valence-corrected chi connectivity index (χ3v) is 7.18.